The van der Waals surface area contributed by atoms with Gasteiger partial charge in [-0.05, 0) is 24.6 Å². The van der Waals surface area contributed by atoms with Gasteiger partial charge in [0.1, 0.15) is 17.7 Å². The first kappa shape index (κ1) is 9.51. The summed E-state index contributed by atoms with van der Waals surface area (Å²) in [6.07, 6.45) is 2.61. The Morgan fingerprint density at radius 2 is 2.15 bits per heavy atom. The summed E-state index contributed by atoms with van der Waals surface area (Å²) in [7, 11) is 0. The third kappa shape index (κ3) is 2.43. The first-order valence-corrected chi connectivity index (χ1v) is 4.72. The van der Waals surface area contributed by atoms with Gasteiger partial charge >= 0.3 is 0 Å². The maximum absolute atomic E-state index is 8.52. The topological polar surface area (TPSA) is 47.6 Å². The largest absolute Gasteiger partial charge is 0.192 e. The van der Waals surface area contributed by atoms with E-state index in [4.69, 9.17) is 10.5 Å². The summed E-state index contributed by atoms with van der Waals surface area (Å²) in [4.78, 5) is 2.23. The maximum atomic E-state index is 8.52. The fourth-order valence-corrected chi connectivity index (χ4v) is 1.79. The zero-order valence-corrected chi connectivity index (χ0v) is 8.06. The van der Waals surface area contributed by atoms with Gasteiger partial charge in [0.25, 0.3) is 0 Å². The normalized spacial score (nSPS) is 8.54. The Kier molecular flexibility index (Phi) is 3.25. The maximum Gasteiger partial charge on any atom is 0.131 e. The van der Waals surface area contributed by atoms with Crippen LogP contribution in [0.4, 0.5) is 0 Å². The number of rotatable bonds is 2. The predicted molar refractivity (Wildman–Crippen MR) is 52.9 cm³/mol. The molecule has 13 heavy (non-hydrogen) atoms. The van der Waals surface area contributed by atoms with Crippen molar-refractivity contribution in [1.82, 2.24) is 0 Å². The van der Waals surface area contributed by atoms with Crippen LogP contribution in [-0.2, 0) is 6.42 Å². The summed E-state index contributed by atoms with van der Waals surface area (Å²) in [6, 6.07) is 7.61. The molecule has 64 valence electrons. The second-order valence-corrected chi connectivity index (χ2v) is 3.64. The Balaban J connectivity index is 2.93. The monoisotopic (exact) mass is 188 g/mol. The van der Waals surface area contributed by atoms with Crippen LogP contribution >= 0.6 is 11.3 Å². The zero-order valence-electron chi connectivity index (χ0n) is 7.24. The minimum absolute atomic E-state index is 0.157. The number of aryl methyl sites for hydroxylation is 1. The van der Waals surface area contributed by atoms with Gasteiger partial charge < -0.3 is 0 Å². The second kappa shape index (κ2) is 4.45. The SMILES string of the molecule is CCc1ccc(C=C(C#N)C#N)s1. The van der Waals surface area contributed by atoms with E-state index in [0.29, 0.717) is 0 Å². The van der Waals surface area contributed by atoms with Crippen molar-refractivity contribution in [2.24, 2.45) is 0 Å². The first-order valence-electron chi connectivity index (χ1n) is 3.90. The highest BCUT2D eigenvalue weighted by Gasteiger charge is 1.97. The van der Waals surface area contributed by atoms with Crippen LogP contribution in [0.2, 0.25) is 0 Å². The van der Waals surface area contributed by atoms with Crippen LogP contribution in [0.15, 0.2) is 17.7 Å². The van der Waals surface area contributed by atoms with E-state index in [1.807, 2.05) is 24.3 Å². The van der Waals surface area contributed by atoms with Gasteiger partial charge in [0.2, 0.25) is 0 Å². The molecule has 0 N–H and O–H groups in total. The molecule has 0 spiro atoms. The van der Waals surface area contributed by atoms with Crippen molar-refractivity contribution in [3.63, 3.8) is 0 Å². The third-order valence-corrected chi connectivity index (χ3v) is 2.73. The van der Waals surface area contributed by atoms with Gasteiger partial charge in [0.05, 0.1) is 0 Å². The Morgan fingerprint density at radius 1 is 1.46 bits per heavy atom. The van der Waals surface area contributed by atoms with Crippen molar-refractivity contribution >= 4 is 17.4 Å². The molecule has 0 saturated carbocycles. The molecular weight excluding hydrogens is 180 g/mol. The summed E-state index contributed by atoms with van der Waals surface area (Å²) in [6.45, 7) is 2.08. The highest BCUT2D eigenvalue weighted by molar-refractivity contribution is 7.12. The van der Waals surface area contributed by atoms with Crippen LogP contribution in [-0.4, -0.2) is 0 Å². The van der Waals surface area contributed by atoms with Gasteiger partial charge in [-0.2, -0.15) is 10.5 Å². The van der Waals surface area contributed by atoms with Crippen molar-refractivity contribution < 1.29 is 0 Å². The summed E-state index contributed by atoms with van der Waals surface area (Å²) in [5.41, 5.74) is 0.157. The summed E-state index contributed by atoms with van der Waals surface area (Å²) in [5.74, 6) is 0. The number of thiophene rings is 1. The molecule has 1 heterocycles. The van der Waals surface area contributed by atoms with E-state index in [1.54, 1.807) is 17.4 Å². The van der Waals surface area contributed by atoms with Crippen LogP contribution in [0.1, 0.15) is 16.7 Å². The Hall–Kier alpha value is -1.58. The van der Waals surface area contributed by atoms with Gasteiger partial charge in [0, 0.05) is 9.75 Å². The Labute approximate surface area is 81.4 Å². The first-order chi connectivity index (χ1) is 6.30. The van der Waals surface area contributed by atoms with Crippen molar-refractivity contribution in [3.8, 4) is 12.1 Å². The van der Waals surface area contributed by atoms with Crippen LogP contribution in [0.3, 0.4) is 0 Å². The van der Waals surface area contributed by atoms with Crippen molar-refractivity contribution in [3.05, 3.63) is 27.5 Å². The zero-order chi connectivity index (χ0) is 9.68. The van der Waals surface area contributed by atoms with Crippen LogP contribution in [0.5, 0.6) is 0 Å². The molecule has 0 aliphatic rings. The van der Waals surface area contributed by atoms with E-state index in [9.17, 15) is 0 Å². The lowest BCUT2D eigenvalue weighted by molar-refractivity contribution is 1.19. The minimum Gasteiger partial charge on any atom is -0.192 e. The molecule has 0 aromatic carbocycles. The highest BCUT2D eigenvalue weighted by Crippen LogP contribution is 2.19. The molecule has 2 nitrogen and oxygen atoms in total. The molecule has 0 aliphatic carbocycles. The third-order valence-electron chi connectivity index (χ3n) is 1.56. The van der Waals surface area contributed by atoms with Crippen LogP contribution in [0.25, 0.3) is 6.08 Å². The molecule has 0 fully saturated rings. The van der Waals surface area contributed by atoms with Crippen molar-refractivity contribution in [2.75, 3.05) is 0 Å². The van der Waals surface area contributed by atoms with Gasteiger partial charge in [-0.3, -0.25) is 0 Å². The number of hydrogen-bond acceptors (Lipinski definition) is 3. The van der Waals surface area contributed by atoms with E-state index in [2.05, 4.69) is 6.92 Å². The minimum atomic E-state index is 0.157. The van der Waals surface area contributed by atoms with E-state index >= 15 is 0 Å². The summed E-state index contributed by atoms with van der Waals surface area (Å²) >= 11 is 1.61. The average Bonchev–Trinajstić information content (AvgIpc) is 2.61. The number of allylic oxidation sites excluding steroid dienone is 1. The van der Waals surface area contributed by atoms with Crippen molar-refractivity contribution in [1.29, 1.82) is 10.5 Å². The molecule has 1 aromatic heterocycles. The van der Waals surface area contributed by atoms with Crippen LogP contribution < -0.4 is 0 Å². The smallest absolute Gasteiger partial charge is 0.131 e. The molecule has 1 aromatic rings. The fraction of sp³-hybridized carbons (Fsp3) is 0.200. The summed E-state index contributed by atoms with van der Waals surface area (Å²) in [5, 5.41) is 17.0. The average molecular weight is 188 g/mol. The number of hydrogen-bond donors (Lipinski definition) is 0. The molecule has 0 atom stereocenters. The van der Waals surface area contributed by atoms with E-state index in [1.165, 1.54) is 4.88 Å². The van der Waals surface area contributed by atoms with Gasteiger partial charge in [-0.1, -0.05) is 6.92 Å². The molecule has 0 amide bonds. The summed E-state index contributed by atoms with van der Waals surface area (Å²) < 4.78 is 0. The second-order valence-electron chi connectivity index (χ2n) is 2.44. The van der Waals surface area contributed by atoms with Crippen LogP contribution in [0, 0.1) is 22.7 Å². The molecule has 1 rings (SSSR count). The quantitative estimate of drug-likeness (QED) is 0.670. The molecule has 0 saturated heterocycles. The lowest BCUT2D eigenvalue weighted by Gasteiger charge is -1.84. The number of nitriles is 2. The number of nitrogens with zero attached hydrogens (tertiary/aromatic N) is 2. The molecular formula is C10H8N2S. The van der Waals surface area contributed by atoms with E-state index < -0.39 is 0 Å². The van der Waals surface area contributed by atoms with Gasteiger partial charge in [-0.25, -0.2) is 0 Å². The molecule has 0 unspecified atom stereocenters. The lowest BCUT2D eigenvalue weighted by Crippen LogP contribution is -1.69. The van der Waals surface area contributed by atoms with Gasteiger partial charge in [-0.15, -0.1) is 11.3 Å². The van der Waals surface area contributed by atoms with Crippen molar-refractivity contribution in [2.45, 2.75) is 13.3 Å². The predicted octanol–water partition coefficient (Wildman–Crippen LogP) is 2.74. The van der Waals surface area contributed by atoms with Gasteiger partial charge in [0.15, 0.2) is 0 Å². The molecule has 0 bridgehead atoms. The molecule has 0 aliphatic heterocycles. The van der Waals surface area contributed by atoms with E-state index in [-0.39, 0.29) is 5.57 Å². The Bertz CT molecular complexity index is 385. The molecule has 3 heteroatoms. The Morgan fingerprint density at radius 3 is 2.62 bits per heavy atom. The highest BCUT2D eigenvalue weighted by atomic mass is 32.1. The lowest BCUT2D eigenvalue weighted by atomic mass is 10.3. The molecule has 0 radical (unpaired) electrons. The van der Waals surface area contributed by atoms with E-state index in [0.717, 1.165) is 11.3 Å². The fourth-order valence-electron chi connectivity index (χ4n) is 0.894. The standard InChI is InChI=1S/C10H8N2S/c1-2-9-3-4-10(13-9)5-8(6-11)7-12/h3-5H,2H2,1H3.